The van der Waals surface area contributed by atoms with Crippen molar-refractivity contribution in [3.63, 3.8) is 0 Å². The third-order valence-corrected chi connectivity index (χ3v) is 3.87. The van der Waals surface area contributed by atoms with Gasteiger partial charge in [-0.1, -0.05) is 53.6 Å². The predicted molar refractivity (Wildman–Crippen MR) is 90.4 cm³/mol. The molecule has 0 bridgehead atoms. The first-order valence-electron chi connectivity index (χ1n) is 7.52. The maximum Gasteiger partial charge on any atom is 0.0426 e. The van der Waals surface area contributed by atoms with E-state index >= 15 is 0 Å². The van der Waals surface area contributed by atoms with Gasteiger partial charge in [-0.25, -0.2) is 0 Å². The van der Waals surface area contributed by atoms with E-state index in [-0.39, 0.29) is 6.04 Å². The van der Waals surface area contributed by atoms with Gasteiger partial charge in [0, 0.05) is 19.1 Å². The van der Waals surface area contributed by atoms with Crippen LogP contribution in [0.2, 0.25) is 0 Å². The lowest BCUT2D eigenvalue weighted by molar-refractivity contribution is 0.305. The molecule has 2 heteroatoms. The second-order valence-corrected chi connectivity index (χ2v) is 6.15. The maximum atomic E-state index is 6.39. The molecule has 2 aromatic rings. The summed E-state index contributed by atoms with van der Waals surface area (Å²) in [5.41, 5.74) is 12.9. The van der Waals surface area contributed by atoms with E-state index in [1.807, 2.05) is 0 Å². The lowest BCUT2D eigenvalue weighted by Crippen LogP contribution is -2.29. The number of nitrogens with two attached hydrogens (primary N) is 1. The standard InChI is InChI=1S/C19H26N2/c1-14-6-5-7-17(11-14)12-21(4)13-19(20)18-9-8-15(2)10-16(18)3/h5-11,19H,12-13,20H2,1-4H3. The Kier molecular flexibility index (Phi) is 5.16. The molecule has 0 fully saturated rings. The van der Waals surface area contributed by atoms with Gasteiger partial charge in [0.05, 0.1) is 0 Å². The fraction of sp³-hybridized carbons (Fsp3) is 0.368. The zero-order chi connectivity index (χ0) is 15.4. The monoisotopic (exact) mass is 282 g/mol. The molecule has 1 unspecified atom stereocenters. The van der Waals surface area contributed by atoms with Crippen molar-refractivity contribution >= 4 is 0 Å². The highest BCUT2D eigenvalue weighted by Crippen LogP contribution is 2.18. The minimum atomic E-state index is 0.0559. The summed E-state index contributed by atoms with van der Waals surface area (Å²) in [7, 11) is 2.13. The van der Waals surface area contributed by atoms with Crippen LogP contribution in [0.15, 0.2) is 42.5 Å². The SMILES string of the molecule is Cc1cccc(CN(C)CC(N)c2ccc(C)cc2C)c1. The van der Waals surface area contributed by atoms with Crippen molar-refractivity contribution in [1.82, 2.24) is 4.90 Å². The summed E-state index contributed by atoms with van der Waals surface area (Å²) in [6.07, 6.45) is 0. The van der Waals surface area contributed by atoms with Gasteiger partial charge in [-0.2, -0.15) is 0 Å². The molecule has 1 atom stereocenters. The van der Waals surface area contributed by atoms with E-state index in [0.717, 1.165) is 13.1 Å². The van der Waals surface area contributed by atoms with E-state index in [0.29, 0.717) is 0 Å². The van der Waals surface area contributed by atoms with Gasteiger partial charge in [0.25, 0.3) is 0 Å². The van der Waals surface area contributed by atoms with E-state index in [9.17, 15) is 0 Å². The fourth-order valence-electron chi connectivity index (χ4n) is 2.86. The molecule has 2 nitrogen and oxygen atoms in total. The normalized spacial score (nSPS) is 12.7. The first-order chi connectivity index (χ1) is 9.95. The van der Waals surface area contributed by atoms with Crippen LogP contribution in [0, 0.1) is 20.8 Å². The number of hydrogen-bond donors (Lipinski definition) is 1. The minimum absolute atomic E-state index is 0.0559. The number of rotatable bonds is 5. The molecule has 0 spiro atoms. The Morgan fingerprint density at radius 3 is 2.38 bits per heavy atom. The Balaban J connectivity index is 2.00. The third-order valence-electron chi connectivity index (χ3n) is 3.87. The van der Waals surface area contributed by atoms with Gasteiger partial charge in [-0.3, -0.25) is 0 Å². The van der Waals surface area contributed by atoms with Gasteiger partial charge in [-0.05, 0) is 44.5 Å². The van der Waals surface area contributed by atoms with Crippen molar-refractivity contribution < 1.29 is 0 Å². The van der Waals surface area contributed by atoms with E-state index in [1.165, 1.54) is 27.8 Å². The molecular formula is C19H26N2. The topological polar surface area (TPSA) is 29.3 Å². The van der Waals surface area contributed by atoms with E-state index in [4.69, 9.17) is 5.73 Å². The summed E-state index contributed by atoms with van der Waals surface area (Å²) < 4.78 is 0. The quantitative estimate of drug-likeness (QED) is 0.905. The molecule has 0 aliphatic heterocycles. The highest BCUT2D eigenvalue weighted by molar-refractivity contribution is 5.32. The largest absolute Gasteiger partial charge is 0.323 e. The van der Waals surface area contributed by atoms with Gasteiger partial charge in [0.15, 0.2) is 0 Å². The number of benzene rings is 2. The lowest BCUT2D eigenvalue weighted by Gasteiger charge is -2.23. The lowest BCUT2D eigenvalue weighted by atomic mass is 9.99. The molecule has 0 saturated carbocycles. The first kappa shape index (κ1) is 15.7. The average Bonchev–Trinajstić information content (AvgIpc) is 2.38. The van der Waals surface area contributed by atoms with E-state index in [2.05, 4.69) is 75.2 Å². The molecule has 112 valence electrons. The van der Waals surface area contributed by atoms with Crippen LogP contribution in [0.5, 0.6) is 0 Å². The zero-order valence-corrected chi connectivity index (χ0v) is 13.6. The molecule has 0 amide bonds. The smallest absolute Gasteiger partial charge is 0.0426 e. The van der Waals surface area contributed by atoms with Crippen LogP contribution in [0.3, 0.4) is 0 Å². The van der Waals surface area contributed by atoms with Gasteiger partial charge in [-0.15, -0.1) is 0 Å². The predicted octanol–water partition coefficient (Wildman–Crippen LogP) is 3.74. The van der Waals surface area contributed by atoms with Crippen LogP contribution < -0.4 is 5.73 Å². The Morgan fingerprint density at radius 2 is 1.71 bits per heavy atom. The van der Waals surface area contributed by atoms with Crippen molar-refractivity contribution in [3.05, 3.63) is 70.3 Å². The van der Waals surface area contributed by atoms with Gasteiger partial charge in [0.2, 0.25) is 0 Å². The Morgan fingerprint density at radius 1 is 1.00 bits per heavy atom. The number of likely N-dealkylation sites (N-methyl/N-ethyl adjacent to an activating group) is 1. The van der Waals surface area contributed by atoms with Crippen molar-refractivity contribution in [2.45, 2.75) is 33.4 Å². The fourth-order valence-corrected chi connectivity index (χ4v) is 2.86. The molecule has 2 rings (SSSR count). The number of nitrogens with zero attached hydrogens (tertiary/aromatic N) is 1. The van der Waals surface area contributed by atoms with Crippen molar-refractivity contribution in [1.29, 1.82) is 0 Å². The summed E-state index contributed by atoms with van der Waals surface area (Å²) in [6.45, 7) is 8.18. The van der Waals surface area contributed by atoms with Crippen LogP contribution in [0.4, 0.5) is 0 Å². The van der Waals surface area contributed by atoms with Crippen LogP contribution in [0.25, 0.3) is 0 Å². The van der Waals surface area contributed by atoms with Crippen LogP contribution in [-0.2, 0) is 6.54 Å². The molecule has 0 aromatic heterocycles. The van der Waals surface area contributed by atoms with Crippen molar-refractivity contribution in [2.24, 2.45) is 5.73 Å². The molecule has 21 heavy (non-hydrogen) atoms. The van der Waals surface area contributed by atoms with Gasteiger partial charge in [0.1, 0.15) is 0 Å². The van der Waals surface area contributed by atoms with E-state index < -0.39 is 0 Å². The molecule has 0 saturated heterocycles. The number of hydrogen-bond acceptors (Lipinski definition) is 2. The first-order valence-corrected chi connectivity index (χ1v) is 7.52. The van der Waals surface area contributed by atoms with Gasteiger partial charge < -0.3 is 10.6 Å². The molecule has 0 radical (unpaired) electrons. The molecule has 0 aliphatic carbocycles. The van der Waals surface area contributed by atoms with Gasteiger partial charge >= 0.3 is 0 Å². The second kappa shape index (κ2) is 6.88. The highest BCUT2D eigenvalue weighted by atomic mass is 15.1. The van der Waals surface area contributed by atoms with Crippen LogP contribution >= 0.6 is 0 Å². The summed E-state index contributed by atoms with van der Waals surface area (Å²) in [5, 5.41) is 0. The van der Waals surface area contributed by atoms with Crippen molar-refractivity contribution in [3.8, 4) is 0 Å². The minimum Gasteiger partial charge on any atom is -0.323 e. The Bertz CT molecular complexity index is 604. The summed E-state index contributed by atoms with van der Waals surface area (Å²) >= 11 is 0. The Hall–Kier alpha value is -1.64. The summed E-state index contributed by atoms with van der Waals surface area (Å²) in [4.78, 5) is 2.29. The molecule has 2 aromatic carbocycles. The Labute approximate surface area is 128 Å². The summed E-state index contributed by atoms with van der Waals surface area (Å²) in [5.74, 6) is 0. The zero-order valence-electron chi connectivity index (χ0n) is 13.6. The highest BCUT2D eigenvalue weighted by Gasteiger charge is 2.12. The second-order valence-electron chi connectivity index (χ2n) is 6.15. The average molecular weight is 282 g/mol. The molecule has 0 heterocycles. The third kappa shape index (κ3) is 4.42. The molecule has 0 aliphatic rings. The van der Waals surface area contributed by atoms with Crippen LogP contribution in [-0.4, -0.2) is 18.5 Å². The summed E-state index contributed by atoms with van der Waals surface area (Å²) in [6, 6.07) is 15.2. The number of aryl methyl sites for hydroxylation is 3. The van der Waals surface area contributed by atoms with Crippen LogP contribution in [0.1, 0.15) is 33.9 Å². The van der Waals surface area contributed by atoms with Crippen molar-refractivity contribution in [2.75, 3.05) is 13.6 Å². The molecular weight excluding hydrogens is 256 g/mol. The molecule has 2 N–H and O–H groups in total. The maximum absolute atomic E-state index is 6.39. The van der Waals surface area contributed by atoms with E-state index in [1.54, 1.807) is 0 Å².